The predicted octanol–water partition coefficient (Wildman–Crippen LogP) is 23.3. The smallest absolute Gasteiger partial charge is 0.0969 e. The largest absolute Gasteiger partial charge is 0.270 e. The molecule has 0 spiro atoms. The van der Waals surface area contributed by atoms with Crippen LogP contribution in [-0.4, -0.2) is 110 Å². The fourth-order valence-electron chi connectivity index (χ4n) is 21.2. The molecule has 0 aliphatic rings. The summed E-state index contributed by atoms with van der Waals surface area (Å²) in [6.07, 6.45) is 0. The summed E-state index contributed by atoms with van der Waals surface area (Å²) in [5.74, 6) is 8.22. The highest BCUT2D eigenvalue weighted by Crippen LogP contribution is 2.49. The van der Waals surface area contributed by atoms with Crippen molar-refractivity contribution in [3.05, 3.63) is 115 Å². The highest BCUT2D eigenvalue weighted by molar-refractivity contribution is 9.27. The summed E-state index contributed by atoms with van der Waals surface area (Å²) >= 11 is 10.4. The molecule has 0 aromatic heterocycles. The van der Waals surface area contributed by atoms with Crippen molar-refractivity contribution in [3.8, 4) is 22.9 Å². The summed E-state index contributed by atoms with van der Waals surface area (Å²) in [7, 11) is -22.4. The Kier molecular flexibility index (Phi) is 25.8. The molecule has 0 heterocycles. The Hall–Kier alpha value is -0.00364. The number of hydrogen-bond donors (Lipinski definition) is 0. The van der Waals surface area contributed by atoms with Crippen molar-refractivity contribution in [2.45, 2.75) is 308 Å². The van der Waals surface area contributed by atoms with Gasteiger partial charge in [0, 0.05) is 96.9 Å². The average Bonchev–Trinajstić information content (AvgIpc) is 0.719. The molecule has 0 radical (unpaired) electrons. The van der Waals surface area contributed by atoms with Gasteiger partial charge in [0.15, 0.2) is 0 Å². The molecule has 92 heavy (non-hydrogen) atoms. The Bertz CT molecular complexity index is 3010. The van der Waals surface area contributed by atoms with E-state index >= 15 is 0 Å². The predicted molar refractivity (Wildman–Crippen MR) is 474 cm³/mol. The molecule has 514 valence electrons. The van der Waals surface area contributed by atoms with E-state index in [9.17, 15) is 0 Å². The molecule has 0 fully saturated rings. The maximum absolute atomic E-state index is 5.18. The number of hydrogen-bond acceptors (Lipinski definition) is 0. The molecule has 4 aromatic carbocycles. The lowest BCUT2D eigenvalue weighted by atomic mass is 10.1. The van der Waals surface area contributed by atoms with Gasteiger partial charge in [-0.15, -0.1) is 0 Å². The van der Waals surface area contributed by atoms with Crippen molar-refractivity contribution in [1.29, 1.82) is 0 Å². The lowest BCUT2D eigenvalue weighted by molar-refractivity contribution is 1.09. The van der Waals surface area contributed by atoms with Gasteiger partial charge in [-0.3, -0.25) is 0 Å². The van der Waals surface area contributed by atoms with Gasteiger partial charge in [0.05, 0.1) is 0 Å². The SMILES string of the molecule is Cc1cc(C)c([Si](Br)(C#CC#C[Si](Br)(c2c(C)cc(C)cc2C)c2c(C([Si](C)(C)C)[Si](C)(C)C)cc(C([Si](C)(C)C)[Si](C)(C)C)cc2C([Si](C)(C)C)[Si](C)(C)C)c2c(C([Si](C)(C)C)[Si](C)(C)C)cc(C([Si](C)(C)C)[Si](C)(C)C)cc2C([Si](C)(C)C)[Si](C)(C)C)c(C)c1. The average molecular weight is 1610 g/mol. The fourth-order valence-corrected chi connectivity index (χ4v) is 112. The van der Waals surface area contributed by atoms with Crippen LogP contribution in [0.5, 0.6) is 0 Å². The molecule has 16 heteroatoms. The number of halogens is 2. The molecule has 0 saturated carbocycles. The van der Waals surface area contributed by atoms with Crippen LogP contribution in [0.25, 0.3) is 0 Å². The zero-order valence-electron chi connectivity index (χ0n) is 67.8. The summed E-state index contributed by atoms with van der Waals surface area (Å²) in [6, 6.07) is 21.6. The van der Waals surface area contributed by atoms with E-state index in [4.69, 9.17) is 30.6 Å². The molecule has 0 nitrogen and oxygen atoms in total. The van der Waals surface area contributed by atoms with Crippen molar-refractivity contribution < 1.29 is 0 Å². The standard InChI is InChI=1S/C76H140Br2Si14/c1-55-47-57(3)67(58(4)48-55)91(77,69-63(73(83(19,20)21)84(22,23)24)51-61(71(79(7,8)9)80(10,11)12)52-64(69)74(85(25,26)27)86(28,29)30)45-43-44-46-92(78,68-59(5)49-56(2)50-60(68)6)70-65(75(87(31,32)33)88(34,35)36)53-62(72(81(13,14)15)82(16,17)18)54-66(70)76(89(37,38)39)90(40,41)42/h47-54,71-76H,1-42H3. The number of rotatable bonds is 22. The first kappa shape index (κ1) is 84.4. The molecule has 0 amide bonds. The van der Waals surface area contributed by atoms with Crippen LogP contribution in [0.3, 0.4) is 0 Å². The summed E-state index contributed by atoms with van der Waals surface area (Å²) in [5.41, 5.74) is 27.3. The highest BCUT2D eigenvalue weighted by Gasteiger charge is 2.54. The second-order valence-corrected chi connectivity index (χ2v) is 122. The summed E-state index contributed by atoms with van der Waals surface area (Å²) < 4.78 is 0. The normalized spacial score (nSPS) is 15.5. The minimum absolute atomic E-state index is 0.521. The molecule has 0 aliphatic heterocycles. The maximum Gasteiger partial charge on any atom is 0.270 e. The monoisotopic (exact) mass is 1600 g/mol. The van der Waals surface area contributed by atoms with Crippen LogP contribution in [0.1, 0.15) is 97.7 Å². The molecule has 0 aliphatic carbocycles. The van der Waals surface area contributed by atoms with Crippen LogP contribution in [0.4, 0.5) is 0 Å². The Balaban J connectivity index is 2.74. The van der Waals surface area contributed by atoms with E-state index in [1.54, 1.807) is 43.8 Å². The van der Waals surface area contributed by atoms with Crippen LogP contribution in [-0.2, 0) is 0 Å². The van der Waals surface area contributed by atoms with E-state index in [-0.39, 0.29) is 0 Å². The zero-order chi connectivity index (χ0) is 72.2. The fraction of sp³-hybridized carbons (Fsp3) is 0.632. The van der Waals surface area contributed by atoms with Gasteiger partial charge in [-0.25, -0.2) is 0 Å². The number of aryl methyl sites for hydroxylation is 6. The van der Waals surface area contributed by atoms with Crippen LogP contribution in [0, 0.1) is 64.5 Å². The Morgan fingerprint density at radius 3 is 0.522 bits per heavy atom. The third-order valence-electron chi connectivity index (χ3n) is 20.0. The molecule has 0 saturated heterocycles. The quantitative estimate of drug-likeness (QED) is 0.0418. The minimum atomic E-state index is -3.30. The molecular weight excluding hydrogens is 1470 g/mol. The van der Waals surface area contributed by atoms with Gasteiger partial charge < -0.3 is 0 Å². The van der Waals surface area contributed by atoms with Crippen molar-refractivity contribution in [3.63, 3.8) is 0 Å². The van der Waals surface area contributed by atoms with E-state index < -0.39 is 110 Å². The van der Waals surface area contributed by atoms with Crippen LogP contribution in [0.15, 0.2) is 48.5 Å². The van der Waals surface area contributed by atoms with Crippen molar-refractivity contribution in [2.24, 2.45) is 0 Å². The molecule has 4 rings (SSSR count). The van der Waals surface area contributed by atoms with Gasteiger partial charge in [-0.05, 0) is 161 Å². The summed E-state index contributed by atoms with van der Waals surface area (Å²) in [6.45, 7) is 105. The van der Waals surface area contributed by atoms with Crippen LogP contribution < -0.4 is 20.7 Å². The van der Waals surface area contributed by atoms with Crippen LogP contribution >= 0.6 is 30.6 Å². The summed E-state index contributed by atoms with van der Waals surface area (Å²) in [5, 5.41) is 9.51. The van der Waals surface area contributed by atoms with Crippen LogP contribution in [0.2, 0.25) is 236 Å². The topological polar surface area (TPSA) is 0 Å². The first-order valence-corrected chi connectivity index (χ1v) is 86.9. The molecule has 0 bridgehead atoms. The minimum Gasteiger partial charge on any atom is -0.0969 e. The third kappa shape index (κ3) is 19.1. The first-order chi connectivity index (χ1) is 40.5. The first-order valence-electron chi connectivity index (χ1n) is 35.4. The Morgan fingerprint density at radius 2 is 0.380 bits per heavy atom. The molecule has 4 aromatic rings. The van der Waals surface area contributed by atoms with Gasteiger partial charge in [-0.1, -0.05) is 337 Å². The Labute approximate surface area is 602 Å². The molecule has 0 N–H and O–H groups in total. The second-order valence-electron chi connectivity index (χ2n) is 42.5. The van der Waals surface area contributed by atoms with Crippen molar-refractivity contribution >= 4 is 162 Å². The van der Waals surface area contributed by atoms with E-state index in [1.807, 2.05) is 0 Å². The van der Waals surface area contributed by atoms with Gasteiger partial charge in [0.1, 0.15) is 0 Å². The third-order valence-corrected chi connectivity index (χ3v) is 88.2. The highest BCUT2D eigenvalue weighted by atomic mass is 79.9. The lowest BCUT2D eigenvalue weighted by Gasteiger charge is -2.47. The zero-order valence-corrected chi connectivity index (χ0v) is 85.0. The molecule has 2 unspecified atom stereocenters. The van der Waals surface area contributed by atoms with Crippen molar-refractivity contribution in [1.82, 2.24) is 0 Å². The Morgan fingerprint density at radius 1 is 0.228 bits per heavy atom. The number of benzene rings is 4. The van der Waals surface area contributed by atoms with Gasteiger partial charge >= 0.3 is 0 Å². The van der Waals surface area contributed by atoms with E-state index in [2.05, 4.69) is 349 Å². The van der Waals surface area contributed by atoms with Gasteiger partial charge in [-0.2, -0.15) is 0 Å². The second kappa shape index (κ2) is 28.1. The van der Waals surface area contributed by atoms with E-state index in [1.165, 1.54) is 43.8 Å². The molecular formula is C76H140Br2Si14. The maximum atomic E-state index is 5.18. The van der Waals surface area contributed by atoms with E-state index in [0.717, 1.165) is 0 Å². The lowest BCUT2D eigenvalue weighted by Crippen LogP contribution is -2.62. The summed E-state index contributed by atoms with van der Waals surface area (Å²) in [4.78, 5) is 0. The van der Waals surface area contributed by atoms with E-state index in [0.29, 0.717) is 31.0 Å². The molecule has 2 atom stereocenters. The van der Waals surface area contributed by atoms with Gasteiger partial charge in [0.25, 0.3) is 13.4 Å². The van der Waals surface area contributed by atoms with Gasteiger partial charge in [0.2, 0.25) is 0 Å². The van der Waals surface area contributed by atoms with Crippen molar-refractivity contribution in [2.75, 3.05) is 0 Å².